The maximum Gasteiger partial charge on any atom is 0.255 e. The number of amides is 2. The van der Waals surface area contributed by atoms with Crippen LogP contribution in [-0.4, -0.2) is 30.8 Å². The summed E-state index contributed by atoms with van der Waals surface area (Å²) in [7, 11) is 3.25. The average Bonchev–Trinajstić information content (AvgIpc) is 2.54. The number of benzene rings is 2. The maximum absolute atomic E-state index is 13.8. The maximum atomic E-state index is 13.8. The van der Waals surface area contributed by atoms with E-state index in [1.54, 1.807) is 45.3 Å². The largest absolute Gasteiger partial charge is 0.345 e. The topological polar surface area (TPSA) is 49.4 Å². The third kappa shape index (κ3) is 4.62. The van der Waals surface area contributed by atoms with Crippen LogP contribution < -0.4 is 5.32 Å². The predicted molar refractivity (Wildman–Crippen MR) is 92.5 cm³/mol. The van der Waals surface area contributed by atoms with Crippen LogP contribution >= 0.6 is 0 Å². The smallest absolute Gasteiger partial charge is 0.255 e. The minimum Gasteiger partial charge on any atom is -0.345 e. The fourth-order valence-electron chi connectivity index (χ4n) is 2.51. The lowest BCUT2D eigenvalue weighted by atomic mass is 9.96. The van der Waals surface area contributed by atoms with Crippen molar-refractivity contribution in [1.82, 2.24) is 4.90 Å². The summed E-state index contributed by atoms with van der Waals surface area (Å²) >= 11 is 0. The molecule has 0 aliphatic carbocycles. The number of halogens is 2. The van der Waals surface area contributed by atoms with Gasteiger partial charge in [0.05, 0.1) is 11.3 Å². The number of nitrogens with zero attached hydrogens (tertiary/aromatic N) is 1. The average molecular weight is 346 g/mol. The molecule has 2 aromatic carbocycles. The number of para-hydroxylation sites is 1. The Kier molecular flexibility index (Phi) is 5.85. The molecule has 1 unspecified atom stereocenters. The molecule has 0 radical (unpaired) electrons. The molecule has 2 rings (SSSR count). The van der Waals surface area contributed by atoms with E-state index in [0.717, 1.165) is 12.1 Å². The fraction of sp³-hybridized carbons (Fsp3) is 0.263. The third-order valence-corrected chi connectivity index (χ3v) is 3.82. The van der Waals surface area contributed by atoms with Crippen molar-refractivity contribution in [3.8, 4) is 0 Å². The van der Waals surface area contributed by atoms with Gasteiger partial charge in [0.15, 0.2) is 0 Å². The number of hydrogen-bond acceptors (Lipinski definition) is 2. The number of carbonyl (C=O) groups is 2. The van der Waals surface area contributed by atoms with Crippen molar-refractivity contribution >= 4 is 17.5 Å². The Hall–Kier alpha value is -2.76. The molecular formula is C19H20F2N2O2. The molecule has 1 atom stereocenters. The molecule has 132 valence electrons. The second-order valence-electron chi connectivity index (χ2n) is 6.06. The van der Waals surface area contributed by atoms with Gasteiger partial charge in [0.2, 0.25) is 5.91 Å². The highest BCUT2D eigenvalue weighted by atomic mass is 19.1. The first-order valence-corrected chi connectivity index (χ1v) is 7.85. The molecule has 1 N–H and O–H groups in total. The Morgan fingerprint density at radius 3 is 2.44 bits per heavy atom. The zero-order chi connectivity index (χ0) is 18.6. The number of hydrogen-bond donors (Lipinski definition) is 1. The van der Waals surface area contributed by atoms with E-state index in [1.165, 1.54) is 11.0 Å². The SMILES string of the molecule is CC(CC(=O)Nc1ccccc1C(=O)N(C)C)c1ccc(F)cc1F. The van der Waals surface area contributed by atoms with Crippen LogP contribution in [0.3, 0.4) is 0 Å². The van der Waals surface area contributed by atoms with E-state index >= 15 is 0 Å². The lowest BCUT2D eigenvalue weighted by Crippen LogP contribution is -2.24. The summed E-state index contributed by atoms with van der Waals surface area (Å²) in [5, 5.41) is 2.69. The summed E-state index contributed by atoms with van der Waals surface area (Å²) in [5.74, 6) is -2.35. The highest BCUT2D eigenvalue weighted by Gasteiger charge is 2.18. The first-order valence-electron chi connectivity index (χ1n) is 7.85. The van der Waals surface area contributed by atoms with Crippen molar-refractivity contribution in [2.75, 3.05) is 19.4 Å². The van der Waals surface area contributed by atoms with Gasteiger partial charge in [-0.3, -0.25) is 9.59 Å². The predicted octanol–water partition coefficient (Wildman–Crippen LogP) is 3.80. The van der Waals surface area contributed by atoms with Crippen LogP contribution in [0.2, 0.25) is 0 Å². The molecule has 0 saturated carbocycles. The molecule has 0 aliphatic heterocycles. The normalized spacial score (nSPS) is 11.7. The summed E-state index contributed by atoms with van der Waals surface area (Å²) in [6.45, 7) is 1.69. The molecule has 0 aliphatic rings. The second kappa shape index (κ2) is 7.88. The van der Waals surface area contributed by atoms with Crippen LogP contribution in [-0.2, 0) is 4.79 Å². The molecular weight excluding hydrogens is 326 g/mol. The van der Waals surface area contributed by atoms with Crippen molar-refractivity contribution in [2.24, 2.45) is 0 Å². The Balaban J connectivity index is 2.11. The van der Waals surface area contributed by atoms with E-state index in [4.69, 9.17) is 0 Å². The summed E-state index contributed by atoms with van der Waals surface area (Å²) < 4.78 is 26.8. The highest BCUT2D eigenvalue weighted by molar-refractivity contribution is 6.03. The molecule has 0 aromatic heterocycles. The minimum atomic E-state index is -0.677. The summed E-state index contributed by atoms with van der Waals surface area (Å²) in [5.41, 5.74) is 1.05. The van der Waals surface area contributed by atoms with Gasteiger partial charge >= 0.3 is 0 Å². The van der Waals surface area contributed by atoms with Crippen molar-refractivity contribution < 1.29 is 18.4 Å². The second-order valence-corrected chi connectivity index (χ2v) is 6.06. The lowest BCUT2D eigenvalue weighted by molar-refractivity contribution is -0.116. The molecule has 0 fully saturated rings. The van der Waals surface area contributed by atoms with Gasteiger partial charge in [-0.05, 0) is 29.7 Å². The van der Waals surface area contributed by atoms with E-state index in [-0.39, 0.29) is 23.8 Å². The van der Waals surface area contributed by atoms with Crippen molar-refractivity contribution in [1.29, 1.82) is 0 Å². The molecule has 2 aromatic rings. The van der Waals surface area contributed by atoms with E-state index in [1.807, 2.05) is 0 Å². The Morgan fingerprint density at radius 2 is 1.80 bits per heavy atom. The zero-order valence-electron chi connectivity index (χ0n) is 14.3. The van der Waals surface area contributed by atoms with Crippen molar-refractivity contribution in [3.05, 3.63) is 65.2 Å². The first kappa shape index (κ1) is 18.6. The monoisotopic (exact) mass is 346 g/mol. The van der Waals surface area contributed by atoms with E-state index < -0.39 is 17.6 Å². The molecule has 0 saturated heterocycles. The van der Waals surface area contributed by atoms with Gasteiger partial charge in [-0.25, -0.2) is 8.78 Å². The van der Waals surface area contributed by atoms with Gasteiger partial charge in [0.25, 0.3) is 5.91 Å². The quantitative estimate of drug-likeness (QED) is 0.895. The molecule has 2 amide bonds. The number of rotatable bonds is 5. The first-order chi connectivity index (χ1) is 11.8. The highest BCUT2D eigenvalue weighted by Crippen LogP contribution is 2.24. The summed E-state index contributed by atoms with van der Waals surface area (Å²) in [6, 6.07) is 9.99. The molecule has 25 heavy (non-hydrogen) atoms. The van der Waals surface area contributed by atoms with Gasteiger partial charge in [-0.2, -0.15) is 0 Å². The summed E-state index contributed by atoms with van der Waals surface area (Å²) in [6.07, 6.45) is 0.00699. The van der Waals surface area contributed by atoms with Crippen LogP contribution in [0.5, 0.6) is 0 Å². The molecule has 0 heterocycles. The number of nitrogens with one attached hydrogen (secondary N) is 1. The van der Waals surface area contributed by atoms with Crippen LogP contribution in [0, 0.1) is 11.6 Å². The molecule has 0 spiro atoms. The van der Waals surface area contributed by atoms with E-state index in [2.05, 4.69) is 5.32 Å². The van der Waals surface area contributed by atoms with Crippen molar-refractivity contribution in [2.45, 2.75) is 19.3 Å². The molecule has 0 bridgehead atoms. The minimum absolute atomic E-state index is 0.00699. The molecule has 4 nitrogen and oxygen atoms in total. The van der Waals surface area contributed by atoms with Crippen LogP contribution in [0.25, 0.3) is 0 Å². The van der Waals surface area contributed by atoms with Gasteiger partial charge < -0.3 is 10.2 Å². The number of carbonyl (C=O) groups excluding carboxylic acids is 2. The zero-order valence-corrected chi connectivity index (χ0v) is 14.3. The van der Waals surface area contributed by atoms with Crippen LogP contribution in [0.15, 0.2) is 42.5 Å². The molecule has 6 heteroatoms. The standard InChI is InChI=1S/C19H20F2N2O2/c1-12(14-9-8-13(20)11-16(14)21)10-18(24)22-17-7-5-4-6-15(17)19(25)23(2)3/h4-9,11-12H,10H2,1-3H3,(H,22,24). The third-order valence-electron chi connectivity index (χ3n) is 3.82. The van der Waals surface area contributed by atoms with E-state index in [9.17, 15) is 18.4 Å². The lowest BCUT2D eigenvalue weighted by Gasteiger charge is -2.16. The summed E-state index contributed by atoms with van der Waals surface area (Å²) in [4.78, 5) is 25.9. The van der Waals surface area contributed by atoms with Gasteiger partial charge in [-0.15, -0.1) is 0 Å². The van der Waals surface area contributed by atoms with Gasteiger partial charge in [0.1, 0.15) is 11.6 Å². The van der Waals surface area contributed by atoms with Gasteiger partial charge in [-0.1, -0.05) is 25.1 Å². The Bertz CT molecular complexity index is 791. The van der Waals surface area contributed by atoms with Gasteiger partial charge in [0, 0.05) is 26.6 Å². The Labute approximate surface area is 145 Å². The Morgan fingerprint density at radius 1 is 1.12 bits per heavy atom. The van der Waals surface area contributed by atoms with Crippen LogP contribution in [0.4, 0.5) is 14.5 Å². The number of anilines is 1. The fourth-order valence-corrected chi connectivity index (χ4v) is 2.51. The van der Waals surface area contributed by atoms with E-state index in [0.29, 0.717) is 11.3 Å². The van der Waals surface area contributed by atoms with Crippen molar-refractivity contribution in [3.63, 3.8) is 0 Å². The van der Waals surface area contributed by atoms with Crippen LogP contribution in [0.1, 0.15) is 35.2 Å².